The summed E-state index contributed by atoms with van der Waals surface area (Å²) in [5.74, 6) is 0.601. The fourth-order valence-electron chi connectivity index (χ4n) is 1.92. The zero-order valence-corrected chi connectivity index (χ0v) is 12.2. The highest BCUT2D eigenvalue weighted by atomic mass is 16.5. The molecule has 108 valence electrons. The number of ether oxygens (including phenoxy) is 1. The van der Waals surface area contributed by atoms with Gasteiger partial charge in [0.15, 0.2) is 11.5 Å². The van der Waals surface area contributed by atoms with E-state index in [2.05, 4.69) is 5.32 Å². The number of rotatable bonds is 7. The number of phenols is 1. The van der Waals surface area contributed by atoms with E-state index in [1.165, 1.54) is 7.11 Å². The Hall–Kier alpha value is -1.26. The van der Waals surface area contributed by atoms with Gasteiger partial charge in [0.05, 0.1) is 12.7 Å². The van der Waals surface area contributed by atoms with Crippen molar-refractivity contribution in [1.29, 1.82) is 0 Å². The van der Waals surface area contributed by atoms with E-state index in [1.54, 1.807) is 6.07 Å². The molecule has 0 spiro atoms. The summed E-state index contributed by atoms with van der Waals surface area (Å²) in [4.78, 5) is 0. The van der Waals surface area contributed by atoms with Crippen molar-refractivity contribution >= 4 is 0 Å². The van der Waals surface area contributed by atoms with Gasteiger partial charge in [-0.1, -0.05) is 19.9 Å². The Morgan fingerprint density at radius 2 is 1.95 bits per heavy atom. The molecule has 1 aromatic rings. The highest BCUT2D eigenvalue weighted by molar-refractivity contribution is 5.42. The summed E-state index contributed by atoms with van der Waals surface area (Å²) in [6.07, 6.45) is 1.45. The quantitative estimate of drug-likeness (QED) is 0.710. The third kappa shape index (κ3) is 4.11. The summed E-state index contributed by atoms with van der Waals surface area (Å²) >= 11 is 0. The van der Waals surface area contributed by atoms with Gasteiger partial charge in [-0.05, 0) is 37.5 Å². The molecule has 0 saturated carbocycles. The van der Waals surface area contributed by atoms with Crippen LogP contribution in [0.5, 0.6) is 11.5 Å². The summed E-state index contributed by atoms with van der Waals surface area (Å²) in [7, 11) is 1.53. The van der Waals surface area contributed by atoms with Crippen LogP contribution in [0.2, 0.25) is 0 Å². The van der Waals surface area contributed by atoms with E-state index < -0.39 is 5.60 Å². The third-order valence-corrected chi connectivity index (χ3v) is 3.76. The number of phenolic OH excluding ortho intramolecular Hbond substituents is 1. The van der Waals surface area contributed by atoms with Crippen molar-refractivity contribution < 1.29 is 14.9 Å². The maximum absolute atomic E-state index is 10.2. The van der Waals surface area contributed by atoms with Gasteiger partial charge in [0, 0.05) is 12.6 Å². The Labute approximate surface area is 115 Å². The highest BCUT2D eigenvalue weighted by Gasteiger charge is 2.22. The van der Waals surface area contributed by atoms with Crippen molar-refractivity contribution in [3.05, 3.63) is 23.8 Å². The molecule has 0 saturated heterocycles. The van der Waals surface area contributed by atoms with E-state index in [4.69, 9.17) is 4.74 Å². The van der Waals surface area contributed by atoms with Crippen molar-refractivity contribution in [3.8, 4) is 11.5 Å². The van der Waals surface area contributed by atoms with Gasteiger partial charge in [0.1, 0.15) is 0 Å². The Morgan fingerprint density at radius 3 is 2.47 bits per heavy atom. The van der Waals surface area contributed by atoms with E-state index in [0.29, 0.717) is 12.3 Å². The Morgan fingerprint density at radius 1 is 1.32 bits per heavy atom. The number of aliphatic hydroxyl groups is 1. The second kappa shape index (κ2) is 6.78. The highest BCUT2D eigenvalue weighted by Crippen LogP contribution is 2.29. The zero-order valence-electron chi connectivity index (χ0n) is 12.2. The average Bonchev–Trinajstić information content (AvgIpc) is 2.44. The lowest BCUT2D eigenvalue weighted by atomic mass is 9.96. The van der Waals surface area contributed by atoms with Crippen LogP contribution in [-0.4, -0.2) is 29.5 Å². The maximum atomic E-state index is 10.2. The van der Waals surface area contributed by atoms with Crippen LogP contribution in [0.25, 0.3) is 0 Å². The van der Waals surface area contributed by atoms with Crippen LogP contribution in [-0.2, 0) is 0 Å². The molecular formula is C15H25NO3. The zero-order chi connectivity index (χ0) is 14.5. The molecule has 0 aliphatic carbocycles. The molecule has 0 radical (unpaired) electrons. The minimum atomic E-state index is -0.657. The van der Waals surface area contributed by atoms with Crippen LogP contribution in [0.4, 0.5) is 0 Å². The molecule has 3 N–H and O–H groups in total. The molecule has 4 heteroatoms. The summed E-state index contributed by atoms with van der Waals surface area (Å²) in [6.45, 7) is 6.54. The first-order valence-electron chi connectivity index (χ1n) is 6.78. The monoisotopic (exact) mass is 267 g/mol. The predicted octanol–water partition coefficient (Wildman–Crippen LogP) is 2.60. The minimum absolute atomic E-state index is 0.0825. The van der Waals surface area contributed by atoms with Gasteiger partial charge in [-0.3, -0.25) is 0 Å². The fraction of sp³-hybridized carbons (Fsp3) is 0.600. The lowest BCUT2D eigenvalue weighted by Crippen LogP contribution is -2.40. The van der Waals surface area contributed by atoms with E-state index in [9.17, 15) is 10.2 Å². The Balaban J connectivity index is 2.70. The third-order valence-electron chi connectivity index (χ3n) is 3.76. The summed E-state index contributed by atoms with van der Waals surface area (Å²) in [5.41, 5.74) is 0.360. The van der Waals surface area contributed by atoms with Gasteiger partial charge in [-0.15, -0.1) is 0 Å². The minimum Gasteiger partial charge on any atom is -0.504 e. The van der Waals surface area contributed by atoms with Crippen LogP contribution in [0.3, 0.4) is 0 Å². The van der Waals surface area contributed by atoms with Crippen molar-refractivity contribution in [3.63, 3.8) is 0 Å². The summed E-state index contributed by atoms with van der Waals surface area (Å²) in [6, 6.07) is 5.37. The number of hydrogen-bond donors (Lipinski definition) is 3. The van der Waals surface area contributed by atoms with Crippen LogP contribution in [0.1, 0.15) is 45.2 Å². The van der Waals surface area contributed by atoms with Crippen molar-refractivity contribution in [1.82, 2.24) is 5.32 Å². The van der Waals surface area contributed by atoms with E-state index >= 15 is 0 Å². The van der Waals surface area contributed by atoms with Crippen molar-refractivity contribution in [2.45, 2.75) is 45.3 Å². The molecule has 1 aromatic carbocycles. The summed E-state index contributed by atoms with van der Waals surface area (Å²) in [5, 5.41) is 23.1. The van der Waals surface area contributed by atoms with E-state index in [1.807, 2.05) is 32.9 Å². The SMILES string of the molecule is CCC(O)(CC)CNC(C)c1ccc(O)c(OC)c1. The molecule has 1 atom stereocenters. The van der Waals surface area contributed by atoms with Gasteiger partial charge in [0.25, 0.3) is 0 Å². The number of hydrogen-bond acceptors (Lipinski definition) is 4. The molecule has 0 amide bonds. The van der Waals surface area contributed by atoms with Crippen LogP contribution < -0.4 is 10.1 Å². The predicted molar refractivity (Wildman–Crippen MR) is 76.6 cm³/mol. The molecule has 0 fully saturated rings. The van der Waals surface area contributed by atoms with E-state index in [0.717, 1.165) is 18.4 Å². The Bertz CT molecular complexity index is 402. The molecule has 1 rings (SSSR count). The van der Waals surface area contributed by atoms with Crippen molar-refractivity contribution in [2.24, 2.45) is 0 Å². The first kappa shape index (κ1) is 15.8. The Kier molecular flexibility index (Phi) is 5.63. The molecule has 0 aromatic heterocycles. The van der Waals surface area contributed by atoms with Crippen molar-refractivity contribution in [2.75, 3.05) is 13.7 Å². The maximum Gasteiger partial charge on any atom is 0.160 e. The second-order valence-corrected chi connectivity index (χ2v) is 4.97. The molecule has 0 aliphatic heterocycles. The second-order valence-electron chi connectivity index (χ2n) is 4.97. The molecule has 0 bridgehead atoms. The molecule has 1 unspecified atom stereocenters. The van der Waals surface area contributed by atoms with Gasteiger partial charge in [-0.2, -0.15) is 0 Å². The lowest BCUT2D eigenvalue weighted by molar-refractivity contribution is 0.0303. The molecule has 0 aliphatic rings. The number of aromatic hydroxyl groups is 1. The molecular weight excluding hydrogens is 242 g/mol. The van der Waals surface area contributed by atoms with Gasteiger partial charge < -0.3 is 20.3 Å². The van der Waals surface area contributed by atoms with Crippen LogP contribution in [0.15, 0.2) is 18.2 Å². The first-order valence-corrected chi connectivity index (χ1v) is 6.78. The topological polar surface area (TPSA) is 61.7 Å². The number of benzene rings is 1. The number of nitrogens with one attached hydrogen (secondary N) is 1. The van der Waals surface area contributed by atoms with Gasteiger partial charge >= 0.3 is 0 Å². The van der Waals surface area contributed by atoms with Crippen LogP contribution in [0, 0.1) is 0 Å². The molecule has 19 heavy (non-hydrogen) atoms. The standard InChI is InChI=1S/C15H25NO3/c1-5-15(18,6-2)10-16-11(3)12-7-8-13(17)14(9-12)19-4/h7-9,11,16-18H,5-6,10H2,1-4H3. The van der Waals surface area contributed by atoms with E-state index in [-0.39, 0.29) is 11.8 Å². The first-order chi connectivity index (χ1) is 8.95. The lowest BCUT2D eigenvalue weighted by Gasteiger charge is -2.27. The smallest absolute Gasteiger partial charge is 0.160 e. The average molecular weight is 267 g/mol. The van der Waals surface area contributed by atoms with Gasteiger partial charge in [-0.25, -0.2) is 0 Å². The van der Waals surface area contributed by atoms with Crippen LogP contribution >= 0.6 is 0 Å². The normalized spacial score (nSPS) is 13.3. The summed E-state index contributed by atoms with van der Waals surface area (Å²) < 4.78 is 5.10. The molecule has 0 heterocycles. The van der Waals surface area contributed by atoms with Gasteiger partial charge in [0.2, 0.25) is 0 Å². The fourth-order valence-corrected chi connectivity index (χ4v) is 1.92. The molecule has 4 nitrogen and oxygen atoms in total. The number of methoxy groups -OCH3 is 1. The largest absolute Gasteiger partial charge is 0.504 e.